The first kappa shape index (κ1) is 10.3. The number of ether oxygens (including phenoxy) is 1. The molecule has 0 aromatic carbocycles. The third-order valence-electron chi connectivity index (χ3n) is 3.12. The van der Waals surface area contributed by atoms with Gasteiger partial charge in [0.2, 0.25) is 0 Å². The second kappa shape index (κ2) is 3.17. The quantitative estimate of drug-likeness (QED) is 0.484. The molecule has 1 heterocycles. The van der Waals surface area contributed by atoms with Crippen LogP contribution in [0.4, 0.5) is 0 Å². The van der Waals surface area contributed by atoms with E-state index in [1.807, 2.05) is 0 Å². The Balaban J connectivity index is 3.15. The van der Waals surface area contributed by atoms with Crippen LogP contribution < -0.4 is 0 Å². The molecule has 0 aromatic rings. The molecule has 1 fully saturated rings. The van der Waals surface area contributed by atoms with Crippen LogP contribution >= 0.6 is 0 Å². The molecule has 0 N–H and O–H groups in total. The van der Waals surface area contributed by atoms with E-state index in [4.69, 9.17) is 4.74 Å². The molecule has 13 heavy (non-hydrogen) atoms. The molecule has 0 amide bonds. The van der Waals surface area contributed by atoms with Gasteiger partial charge in [-0.25, -0.2) is 0 Å². The van der Waals surface area contributed by atoms with E-state index in [-0.39, 0.29) is 17.8 Å². The minimum Gasteiger partial charge on any atom is -0.460 e. The van der Waals surface area contributed by atoms with Crippen molar-refractivity contribution in [2.45, 2.75) is 27.7 Å². The lowest BCUT2D eigenvalue weighted by Gasteiger charge is -2.34. The van der Waals surface area contributed by atoms with Crippen LogP contribution in [0.15, 0.2) is 12.2 Å². The molecular weight excluding hydrogens is 164 g/mol. The maximum atomic E-state index is 11.7. The van der Waals surface area contributed by atoms with Crippen LogP contribution in [-0.4, -0.2) is 12.6 Å². The number of esters is 1. The Bertz CT molecular complexity index is 212. The third kappa shape index (κ3) is 1.19. The Hall–Kier alpha value is -0.790. The monoisotopic (exact) mass is 182 g/mol. The maximum absolute atomic E-state index is 11.7. The summed E-state index contributed by atoms with van der Waals surface area (Å²) in [6.07, 6.45) is 0. The Kier molecular flexibility index (Phi) is 2.51. The molecule has 0 atom stereocenters. The van der Waals surface area contributed by atoms with Crippen molar-refractivity contribution in [3.05, 3.63) is 12.2 Å². The van der Waals surface area contributed by atoms with Crippen molar-refractivity contribution in [1.82, 2.24) is 0 Å². The molecule has 0 spiro atoms. The Morgan fingerprint density at radius 1 is 1.31 bits per heavy atom. The Morgan fingerprint density at radius 2 is 1.77 bits per heavy atom. The van der Waals surface area contributed by atoms with Gasteiger partial charge in [-0.05, 0) is 17.4 Å². The van der Waals surface area contributed by atoms with Gasteiger partial charge in [-0.1, -0.05) is 34.3 Å². The molecule has 0 aliphatic carbocycles. The van der Waals surface area contributed by atoms with E-state index in [2.05, 4.69) is 34.3 Å². The topological polar surface area (TPSA) is 26.3 Å². The highest BCUT2D eigenvalue weighted by atomic mass is 16.5. The largest absolute Gasteiger partial charge is 0.460 e. The molecule has 0 unspecified atom stereocenters. The zero-order valence-electron chi connectivity index (χ0n) is 8.89. The van der Waals surface area contributed by atoms with Crippen LogP contribution in [0.2, 0.25) is 0 Å². The van der Waals surface area contributed by atoms with Crippen molar-refractivity contribution in [2.24, 2.45) is 17.3 Å². The summed E-state index contributed by atoms with van der Waals surface area (Å²) in [6.45, 7) is 12.6. The number of cyclic esters (lactones) is 1. The molecule has 2 heteroatoms. The summed E-state index contributed by atoms with van der Waals surface area (Å²) < 4.78 is 5.07. The molecule has 1 aliphatic heterocycles. The van der Waals surface area contributed by atoms with E-state index < -0.39 is 5.41 Å². The fourth-order valence-corrected chi connectivity index (χ4v) is 2.49. The lowest BCUT2D eigenvalue weighted by Crippen LogP contribution is -2.38. The van der Waals surface area contributed by atoms with E-state index in [0.29, 0.717) is 6.61 Å². The lowest BCUT2D eigenvalue weighted by atomic mass is 9.66. The predicted molar refractivity (Wildman–Crippen MR) is 52.2 cm³/mol. The normalized spacial score (nSPS) is 21.4. The number of hydrogen-bond acceptors (Lipinski definition) is 2. The fourth-order valence-electron chi connectivity index (χ4n) is 2.49. The van der Waals surface area contributed by atoms with Crippen molar-refractivity contribution >= 4 is 5.97 Å². The highest BCUT2D eigenvalue weighted by Gasteiger charge is 2.52. The van der Waals surface area contributed by atoms with Crippen molar-refractivity contribution in [2.75, 3.05) is 6.61 Å². The molecular formula is C11H18O2. The van der Waals surface area contributed by atoms with Crippen molar-refractivity contribution in [3.8, 4) is 0 Å². The van der Waals surface area contributed by atoms with E-state index in [0.717, 1.165) is 5.57 Å². The summed E-state index contributed by atoms with van der Waals surface area (Å²) in [4.78, 5) is 11.7. The number of carbonyl (C=O) groups is 1. The van der Waals surface area contributed by atoms with E-state index in [9.17, 15) is 4.79 Å². The van der Waals surface area contributed by atoms with Gasteiger partial charge < -0.3 is 4.74 Å². The molecule has 2 nitrogen and oxygen atoms in total. The first-order valence-electron chi connectivity index (χ1n) is 4.79. The zero-order chi connectivity index (χ0) is 10.2. The highest BCUT2D eigenvalue weighted by Crippen LogP contribution is 2.46. The molecule has 1 aliphatic rings. The summed E-state index contributed by atoms with van der Waals surface area (Å²) in [5.74, 6) is 0.424. The minimum absolute atomic E-state index is 0.0949. The van der Waals surface area contributed by atoms with E-state index in [1.165, 1.54) is 0 Å². The summed E-state index contributed by atoms with van der Waals surface area (Å²) in [6, 6.07) is 0. The Morgan fingerprint density at radius 3 is 1.92 bits per heavy atom. The van der Waals surface area contributed by atoms with Gasteiger partial charge in [0.1, 0.15) is 6.61 Å². The molecule has 0 aromatic heterocycles. The second-order valence-corrected chi connectivity index (χ2v) is 4.36. The van der Waals surface area contributed by atoms with Crippen LogP contribution in [0, 0.1) is 17.3 Å². The van der Waals surface area contributed by atoms with Crippen molar-refractivity contribution in [1.29, 1.82) is 0 Å². The van der Waals surface area contributed by atoms with Crippen LogP contribution in [0.1, 0.15) is 27.7 Å². The van der Waals surface area contributed by atoms with Crippen molar-refractivity contribution < 1.29 is 9.53 Å². The maximum Gasteiger partial charge on any atom is 0.317 e. The zero-order valence-corrected chi connectivity index (χ0v) is 8.89. The summed E-state index contributed by atoms with van der Waals surface area (Å²) in [5.41, 5.74) is 0.488. The fraction of sp³-hybridized carbons (Fsp3) is 0.727. The smallest absolute Gasteiger partial charge is 0.317 e. The average molecular weight is 182 g/mol. The number of rotatable bonds is 2. The standard InChI is InChI=1S/C11H18O2/c1-7(2)11(8(3)4)9(5)6-13-10(11)12/h7-8H,5-6H2,1-4H3. The molecule has 1 saturated heterocycles. The molecule has 74 valence electrons. The van der Waals surface area contributed by atoms with Crippen LogP contribution in [0.5, 0.6) is 0 Å². The second-order valence-electron chi connectivity index (χ2n) is 4.36. The van der Waals surface area contributed by atoms with Gasteiger partial charge in [0, 0.05) is 0 Å². The van der Waals surface area contributed by atoms with Gasteiger partial charge >= 0.3 is 5.97 Å². The lowest BCUT2D eigenvalue weighted by molar-refractivity contribution is -0.150. The first-order valence-corrected chi connectivity index (χ1v) is 4.79. The van der Waals surface area contributed by atoms with Gasteiger partial charge in [0.15, 0.2) is 0 Å². The number of hydrogen-bond donors (Lipinski definition) is 0. The molecule has 0 saturated carbocycles. The molecule has 0 bridgehead atoms. The van der Waals surface area contributed by atoms with Crippen LogP contribution in [0.3, 0.4) is 0 Å². The molecule has 0 radical (unpaired) electrons. The van der Waals surface area contributed by atoms with E-state index >= 15 is 0 Å². The number of carbonyl (C=O) groups excluding carboxylic acids is 1. The first-order chi connectivity index (χ1) is 5.94. The van der Waals surface area contributed by atoms with Crippen molar-refractivity contribution in [3.63, 3.8) is 0 Å². The molecule has 1 rings (SSSR count). The van der Waals surface area contributed by atoms with E-state index in [1.54, 1.807) is 0 Å². The van der Waals surface area contributed by atoms with Crippen LogP contribution in [-0.2, 0) is 9.53 Å². The summed E-state index contributed by atoms with van der Waals surface area (Å²) in [5, 5.41) is 0. The summed E-state index contributed by atoms with van der Waals surface area (Å²) in [7, 11) is 0. The Labute approximate surface area is 80.0 Å². The van der Waals surface area contributed by atoms with Gasteiger partial charge in [-0.3, -0.25) is 4.79 Å². The van der Waals surface area contributed by atoms with Gasteiger partial charge in [0.05, 0.1) is 5.41 Å². The van der Waals surface area contributed by atoms with Gasteiger partial charge in [0.25, 0.3) is 0 Å². The summed E-state index contributed by atoms with van der Waals surface area (Å²) >= 11 is 0. The third-order valence-corrected chi connectivity index (χ3v) is 3.12. The SMILES string of the molecule is C=C1COC(=O)C1(C(C)C)C(C)C. The van der Waals surface area contributed by atoms with Gasteiger partial charge in [-0.15, -0.1) is 0 Å². The predicted octanol–water partition coefficient (Wildman–Crippen LogP) is 2.40. The minimum atomic E-state index is -0.444. The average Bonchev–Trinajstić information content (AvgIpc) is 2.27. The van der Waals surface area contributed by atoms with Gasteiger partial charge in [-0.2, -0.15) is 0 Å². The van der Waals surface area contributed by atoms with Crippen LogP contribution in [0.25, 0.3) is 0 Å². The highest BCUT2D eigenvalue weighted by molar-refractivity contribution is 5.84.